The molecule has 1 aromatic heterocycles. The molecule has 0 radical (unpaired) electrons. The van der Waals surface area contributed by atoms with Crippen LogP contribution in [0.3, 0.4) is 0 Å². The van der Waals surface area contributed by atoms with Gasteiger partial charge in [-0.2, -0.15) is 0 Å². The van der Waals surface area contributed by atoms with E-state index in [9.17, 15) is 4.79 Å². The summed E-state index contributed by atoms with van der Waals surface area (Å²) in [7, 11) is 1.37. The van der Waals surface area contributed by atoms with E-state index in [1.807, 2.05) is 11.5 Å². The quantitative estimate of drug-likeness (QED) is 0.580. The lowest BCUT2D eigenvalue weighted by atomic mass is 10.2. The van der Waals surface area contributed by atoms with Crippen molar-refractivity contribution < 1.29 is 14.6 Å². The van der Waals surface area contributed by atoms with Crippen LogP contribution in [0, 0.1) is 6.92 Å². The van der Waals surface area contributed by atoms with Crippen LogP contribution >= 0.6 is 0 Å². The van der Waals surface area contributed by atoms with Gasteiger partial charge in [-0.3, -0.25) is 0 Å². The van der Waals surface area contributed by atoms with Gasteiger partial charge in [-0.05, 0) is 19.8 Å². The number of hydrogen-bond acceptors (Lipinski definition) is 4. The zero-order valence-corrected chi connectivity index (χ0v) is 10.5. The Balaban J connectivity index is 2.51. The monoisotopic (exact) mass is 240 g/mol. The topological polar surface area (TPSA) is 64.3 Å². The summed E-state index contributed by atoms with van der Waals surface area (Å²) < 4.78 is 6.58. The predicted octanol–water partition coefficient (Wildman–Crippen LogP) is 1.53. The highest BCUT2D eigenvalue weighted by Gasteiger charge is 2.14. The summed E-state index contributed by atoms with van der Waals surface area (Å²) in [6.07, 6.45) is 5.42. The number of unbranched alkanes of at least 4 members (excludes halogenated alkanes) is 3. The van der Waals surface area contributed by atoms with Crippen molar-refractivity contribution in [1.82, 2.24) is 9.55 Å². The Morgan fingerprint density at radius 3 is 2.76 bits per heavy atom. The van der Waals surface area contributed by atoms with Crippen LogP contribution < -0.4 is 0 Å². The molecule has 96 valence electrons. The molecular formula is C12H20N2O3. The highest BCUT2D eigenvalue weighted by atomic mass is 16.5. The fourth-order valence-corrected chi connectivity index (χ4v) is 1.75. The maximum Gasteiger partial charge on any atom is 0.356 e. The molecule has 1 rings (SSSR count). The second-order valence-corrected chi connectivity index (χ2v) is 3.97. The zero-order chi connectivity index (χ0) is 12.7. The maximum absolute atomic E-state index is 11.5. The first-order valence-corrected chi connectivity index (χ1v) is 5.92. The molecule has 0 fully saturated rings. The molecule has 0 amide bonds. The van der Waals surface area contributed by atoms with Crippen molar-refractivity contribution in [3.05, 3.63) is 17.7 Å². The molecule has 1 heterocycles. The van der Waals surface area contributed by atoms with Gasteiger partial charge in [-0.25, -0.2) is 9.78 Å². The molecule has 0 atom stereocenters. The van der Waals surface area contributed by atoms with Crippen molar-refractivity contribution >= 4 is 5.97 Å². The number of nitrogens with zero attached hydrogens (tertiary/aromatic N) is 2. The number of aromatic nitrogens is 2. The van der Waals surface area contributed by atoms with Gasteiger partial charge in [0.15, 0.2) is 0 Å². The molecule has 0 aliphatic carbocycles. The Bertz CT molecular complexity index is 361. The second kappa shape index (κ2) is 7.06. The number of carbonyl (C=O) groups excluding carboxylic acids is 1. The fourth-order valence-electron chi connectivity index (χ4n) is 1.75. The van der Waals surface area contributed by atoms with Crippen LogP contribution in [0.25, 0.3) is 0 Å². The van der Waals surface area contributed by atoms with Crippen molar-refractivity contribution in [1.29, 1.82) is 0 Å². The summed E-state index contributed by atoms with van der Waals surface area (Å²) >= 11 is 0. The van der Waals surface area contributed by atoms with Crippen LogP contribution in [0.15, 0.2) is 6.20 Å². The fraction of sp³-hybridized carbons (Fsp3) is 0.667. The lowest BCUT2D eigenvalue weighted by Gasteiger charge is -2.08. The van der Waals surface area contributed by atoms with Crippen molar-refractivity contribution in [2.24, 2.45) is 0 Å². The number of rotatable bonds is 7. The number of carbonyl (C=O) groups is 1. The SMILES string of the molecule is COC(=O)c1cnc(C)n1CCCCCCO. The lowest BCUT2D eigenvalue weighted by Crippen LogP contribution is -2.12. The maximum atomic E-state index is 11.5. The average molecular weight is 240 g/mol. The third-order valence-corrected chi connectivity index (χ3v) is 2.74. The summed E-state index contributed by atoms with van der Waals surface area (Å²) in [6.45, 7) is 2.89. The van der Waals surface area contributed by atoms with Crippen molar-refractivity contribution in [3.63, 3.8) is 0 Å². The van der Waals surface area contributed by atoms with Crippen LogP contribution in [-0.4, -0.2) is 34.3 Å². The number of aryl methyl sites for hydroxylation is 1. The normalized spacial score (nSPS) is 10.5. The van der Waals surface area contributed by atoms with E-state index in [4.69, 9.17) is 9.84 Å². The van der Waals surface area contributed by atoms with E-state index in [1.54, 1.807) is 6.20 Å². The number of imidazole rings is 1. The van der Waals surface area contributed by atoms with Crippen molar-refractivity contribution in [2.75, 3.05) is 13.7 Å². The van der Waals surface area contributed by atoms with Gasteiger partial charge in [0.2, 0.25) is 0 Å². The van der Waals surface area contributed by atoms with Gasteiger partial charge in [0.25, 0.3) is 0 Å². The number of ether oxygens (including phenoxy) is 1. The molecule has 0 spiro atoms. The Hall–Kier alpha value is -1.36. The molecule has 1 aromatic rings. The second-order valence-electron chi connectivity index (χ2n) is 3.97. The van der Waals surface area contributed by atoms with E-state index in [0.717, 1.165) is 38.1 Å². The summed E-state index contributed by atoms with van der Waals surface area (Å²) in [5, 5.41) is 8.67. The van der Waals surface area contributed by atoms with Gasteiger partial charge in [-0.15, -0.1) is 0 Å². The Kier molecular flexibility index (Phi) is 5.69. The van der Waals surface area contributed by atoms with E-state index in [-0.39, 0.29) is 12.6 Å². The molecule has 0 bridgehead atoms. The predicted molar refractivity (Wildman–Crippen MR) is 63.9 cm³/mol. The minimum absolute atomic E-state index is 0.248. The molecule has 0 saturated carbocycles. The molecule has 1 N–H and O–H groups in total. The molecule has 17 heavy (non-hydrogen) atoms. The van der Waals surface area contributed by atoms with Gasteiger partial charge < -0.3 is 14.4 Å². The van der Waals surface area contributed by atoms with Crippen molar-refractivity contribution in [3.8, 4) is 0 Å². The summed E-state index contributed by atoms with van der Waals surface area (Å²) in [5.74, 6) is 0.480. The van der Waals surface area contributed by atoms with Gasteiger partial charge >= 0.3 is 5.97 Å². The molecule has 0 aliphatic rings. The minimum atomic E-state index is -0.346. The van der Waals surface area contributed by atoms with Crippen LogP contribution in [0.1, 0.15) is 42.0 Å². The molecule has 5 heteroatoms. The standard InChI is InChI=1S/C12H20N2O3/c1-10-13-9-11(12(16)17-2)14(10)7-5-3-4-6-8-15/h9,15H,3-8H2,1-2H3. The third kappa shape index (κ3) is 3.85. The van der Waals surface area contributed by atoms with Gasteiger partial charge in [0.1, 0.15) is 11.5 Å². The van der Waals surface area contributed by atoms with Gasteiger partial charge in [0, 0.05) is 13.2 Å². The molecule has 0 aromatic carbocycles. The van der Waals surface area contributed by atoms with E-state index in [0.29, 0.717) is 5.69 Å². The summed E-state index contributed by atoms with van der Waals surface area (Å²) in [4.78, 5) is 15.6. The number of aliphatic hydroxyl groups excluding tert-OH is 1. The summed E-state index contributed by atoms with van der Waals surface area (Å²) in [5.41, 5.74) is 0.507. The van der Waals surface area contributed by atoms with Crippen LogP contribution in [0.2, 0.25) is 0 Å². The van der Waals surface area contributed by atoms with E-state index in [1.165, 1.54) is 7.11 Å². The van der Waals surface area contributed by atoms with Crippen LogP contribution in [-0.2, 0) is 11.3 Å². The lowest BCUT2D eigenvalue weighted by molar-refractivity contribution is 0.0588. The molecule has 0 unspecified atom stereocenters. The van der Waals surface area contributed by atoms with Gasteiger partial charge in [0.05, 0.1) is 13.3 Å². The average Bonchev–Trinajstić information content (AvgIpc) is 2.70. The van der Waals surface area contributed by atoms with E-state index >= 15 is 0 Å². The van der Waals surface area contributed by atoms with Crippen LogP contribution in [0.4, 0.5) is 0 Å². The summed E-state index contributed by atoms with van der Waals surface area (Å²) in [6, 6.07) is 0. The number of methoxy groups -OCH3 is 1. The first kappa shape index (κ1) is 13.7. The zero-order valence-electron chi connectivity index (χ0n) is 10.5. The van der Waals surface area contributed by atoms with Gasteiger partial charge in [-0.1, -0.05) is 12.8 Å². The highest BCUT2D eigenvalue weighted by Crippen LogP contribution is 2.09. The van der Waals surface area contributed by atoms with Crippen molar-refractivity contribution in [2.45, 2.75) is 39.2 Å². The third-order valence-electron chi connectivity index (χ3n) is 2.74. The molecule has 0 aliphatic heterocycles. The van der Waals surface area contributed by atoms with E-state index in [2.05, 4.69) is 4.98 Å². The first-order chi connectivity index (χ1) is 8.20. The number of aliphatic hydroxyl groups is 1. The molecule has 5 nitrogen and oxygen atoms in total. The Morgan fingerprint density at radius 1 is 1.41 bits per heavy atom. The first-order valence-electron chi connectivity index (χ1n) is 5.92. The smallest absolute Gasteiger partial charge is 0.356 e. The Morgan fingerprint density at radius 2 is 2.12 bits per heavy atom. The van der Waals surface area contributed by atoms with Crippen LogP contribution in [0.5, 0.6) is 0 Å². The van der Waals surface area contributed by atoms with E-state index < -0.39 is 0 Å². The Labute approximate surface area is 101 Å². The minimum Gasteiger partial charge on any atom is -0.464 e. The number of esters is 1. The highest BCUT2D eigenvalue weighted by molar-refractivity contribution is 5.87. The molecular weight excluding hydrogens is 220 g/mol. The number of hydrogen-bond donors (Lipinski definition) is 1. The molecule has 0 saturated heterocycles. The largest absolute Gasteiger partial charge is 0.464 e.